The number of likely N-dealkylation sites (tertiary alicyclic amines) is 1. The Hall–Kier alpha value is -1.59. The Kier molecular flexibility index (Phi) is 6.63. The molecule has 0 spiro atoms. The van der Waals surface area contributed by atoms with Crippen LogP contribution in [0.4, 0.5) is 0 Å². The Balaban J connectivity index is 1.98. The Bertz CT molecular complexity index is 592. The van der Waals surface area contributed by atoms with Crippen LogP contribution in [0.2, 0.25) is 5.02 Å². The quantitative estimate of drug-likeness (QED) is 0.818. The van der Waals surface area contributed by atoms with E-state index in [0.717, 1.165) is 5.56 Å². The first-order valence-corrected chi connectivity index (χ1v) is 8.60. The van der Waals surface area contributed by atoms with Gasteiger partial charge in [0.25, 0.3) is 0 Å². The van der Waals surface area contributed by atoms with Crippen LogP contribution in [0.5, 0.6) is 0 Å². The third kappa shape index (κ3) is 4.48. The number of methoxy groups -OCH3 is 1. The first-order valence-electron chi connectivity index (χ1n) is 8.22. The molecule has 1 amide bonds. The number of carboxylic acids is 1. The predicted molar refractivity (Wildman–Crippen MR) is 92.1 cm³/mol. The van der Waals surface area contributed by atoms with Crippen LogP contribution in [-0.4, -0.2) is 48.7 Å². The standard InChI is InChI=1S/C18H24ClNO4/c1-24-12-10-18(17(22)23)9-4-11-20(13-18)16(21)8-7-14-5-2-3-6-15(14)19/h2-3,5-6H,4,7-13H2,1H3,(H,22,23). The molecule has 1 heterocycles. The number of benzene rings is 1. The van der Waals surface area contributed by atoms with Crippen LogP contribution in [0, 0.1) is 5.41 Å². The molecule has 1 aliphatic rings. The molecule has 24 heavy (non-hydrogen) atoms. The number of hydrogen-bond donors (Lipinski definition) is 1. The molecule has 1 fully saturated rings. The normalized spacial score (nSPS) is 20.8. The minimum atomic E-state index is -0.895. The fourth-order valence-electron chi connectivity index (χ4n) is 3.23. The number of ether oxygens (including phenoxy) is 1. The number of hydrogen-bond acceptors (Lipinski definition) is 3. The lowest BCUT2D eigenvalue weighted by Gasteiger charge is -2.40. The summed E-state index contributed by atoms with van der Waals surface area (Å²) in [5.74, 6) is -0.860. The monoisotopic (exact) mass is 353 g/mol. The van der Waals surface area contributed by atoms with Gasteiger partial charge in [-0.3, -0.25) is 9.59 Å². The highest BCUT2D eigenvalue weighted by molar-refractivity contribution is 6.31. The summed E-state index contributed by atoms with van der Waals surface area (Å²) in [6.45, 7) is 1.25. The first-order chi connectivity index (χ1) is 11.5. The average Bonchev–Trinajstić information content (AvgIpc) is 2.59. The minimum absolute atomic E-state index is 0.0161. The second kappa shape index (κ2) is 8.49. The van der Waals surface area contributed by atoms with E-state index in [2.05, 4.69) is 0 Å². The van der Waals surface area contributed by atoms with Gasteiger partial charge in [0.1, 0.15) is 0 Å². The van der Waals surface area contributed by atoms with Gasteiger partial charge in [-0.1, -0.05) is 29.8 Å². The van der Waals surface area contributed by atoms with Gasteiger partial charge in [0.2, 0.25) is 5.91 Å². The molecule has 1 aromatic carbocycles. The van der Waals surface area contributed by atoms with Gasteiger partial charge in [-0.25, -0.2) is 0 Å². The average molecular weight is 354 g/mol. The van der Waals surface area contributed by atoms with E-state index in [4.69, 9.17) is 16.3 Å². The van der Waals surface area contributed by atoms with E-state index < -0.39 is 11.4 Å². The van der Waals surface area contributed by atoms with E-state index in [1.54, 1.807) is 12.0 Å². The van der Waals surface area contributed by atoms with Crippen molar-refractivity contribution in [2.75, 3.05) is 26.8 Å². The number of aryl methyl sites for hydroxylation is 1. The topological polar surface area (TPSA) is 66.8 Å². The van der Waals surface area contributed by atoms with Gasteiger partial charge >= 0.3 is 5.97 Å². The molecule has 0 saturated carbocycles. The van der Waals surface area contributed by atoms with Crippen LogP contribution in [0.15, 0.2) is 24.3 Å². The van der Waals surface area contributed by atoms with E-state index in [0.29, 0.717) is 50.3 Å². The van der Waals surface area contributed by atoms with Gasteiger partial charge in [-0.15, -0.1) is 0 Å². The van der Waals surface area contributed by atoms with Crippen LogP contribution in [0.1, 0.15) is 31.2 Å². The van der Waals surface area contributed by atoms with E-state index in [1.807, 2.05) is 24.3 Å². The van der Waals surface area contributed by atoms with E-state index in [9.17, 15) is 14.7 Å². The van der Waals surface area contributed by atoms with Crippen LogP contribution < -0.4 is 0 Å². The maximum Gasteiger partial charge on any atom is 0.311 e. The highest BCUT2D eigenvalue weighted by Gasteiger charge is 2.43. The summed E-state index contributed by atoms with van der Waals surface area (Å²) < 4.78 is 5.05. The molecular formula is C18H24ClNO4. The molecule has 1 atom stereocenters. The SMILES string of the molecule is COCCC1(C(=O)O)CCCN(C(=O)CCc2ccccc2Cl)C1. The maximum atomic E-state index is 12.5. The van der Waals surface area contributed by atoms with Crippen molar-refractivity contribution in [3.05, 3.63) is 34.9 Å². The lowest BCUT2D eigenvalue weighted by atomic mass is 9.77. The zero-order chi connectivity index (χ0) is 17.6. The number of carbonyl (C=O) groups is 2. The molecule has 2 rings (SSSR count). The summed E-state index contributed by atoms with van der Waals surface area (Å²) in [7, 11) is 1.56. The minimum Gasteiger partial charge on any atom is -0.481 e. The predicted octanol–water partition coefficient (Wildman–Crippen LogP) is 3.00. The van der Waals surface area contributed by atoms with Gasteiger partial charge in [-0.05, 0) is 37.3 Å². The Morgan fingerprint density at radius 1 is 1.38 bits per heavy atom. The number of rotatable bonds is 7. The number of halogens is 1. The van der Waals surface area contributed by atoms with Crippen molar-refractivity contribution < 1.29 is 19.4 Å². The van der Waals surface area contributed by atoms with Crippen LogP contribution >= 0.6 is 11.6 Å². The van der Waals surface area contributed by atoms with Crippen LogP contribution in [0.3, 0.4) is 0 Å². The van der Waals surface area contributed by atoms with Crippen molar-refractivity contribution in [3.63, 3.8) is 0 Å². The number of carbonyl (C=O) groups excluding carboxylic acids is 1. The molecule has 5 nitrogen and oxygen atoms in total. The number of nitrogens with zero attached hydrogens (tertiary/aromatic N) is 1. The van der Waals surface area contributed by atoms with E-state index in [1.165, 1.54) is 0 Å². The molecule has 1 saturated heterocycles. The fourth-order valence-corrected chi connectivity index (χ4v) is 3.46. The van der Waals surface area contributed by atoms with Crippen molar-refractivity contribution >= 4 is 23.5 Å². The highest BCUT2D eigenvalue weighted by atomic mass is 35.5. The van der Waals surface area contributed by atoms with Crippen LogP contribution in [-0.2, 0) is 20.7 Å². The number of amides is 1. The Morgan fingerprint density at radius 3 is 2.79 bits per heavy atom. The second-order valence-electron chi connectivity index (χ2n) is 6.34. The van der Waals surface area contributed by atoms with E-state index >= 15 is 0 Å². The summed E-state index contributed by atoms with van der Waals surface area (Å²) in [6.07, 6.45) is 2.61. The molecule has 1 aliphatic heterocycles. The van der Waals surface area contributed by atoms with Crippen molar-refractivity contribution in [2.45, 2.75) is 32.1 Å². The maximum absolute atomic E-state index is 12.5. The number of piperidine rings is 1. The smallest absolute Gasteiger partial charge is 0.311 e. The van der Waals surface area contributed by atoms with Crippen molar-refractivity contribution in [1.29, 1.82) is 0 Å². The molecule has 6 heteroatoms. The molecule has 0 bridgehead atoms. The first kappa shape index (κ1) is 18.7. The van der Waals surface area contributed by atoms with Gasteiger partial charge in [0.15, 0.2) is 0 Å². The summed E-state index contributed by atoms with van der Waals surface area (Å²) in [5.41, 5.74) is 0.0438. The number of aliphatic carboxylic acids is 1. The summed E-state index contributed by atoms with van der Waals surface area (Å²) in [6, 6.07) is 7.47. The van der Waals surface area contributed by atoms with Crippen molar-refractivity contribution in [1.82, 2.24) is 4.90 Å². The Labute approximate surface area is 147 Å². The molecule has 0 aliphatic carbocycles. The van der Waals surface area contributed by atoms with E-state index in [-0.39, 0.29) is 12.5 Å². The van der Waals surface area contributed by atoms with Gasteiger partial charge in [-0.2, -0.15) is 0 Å². The number of carboxylic acid groups (broad SMARTS) is 1. The zero-order valence-electron chi connectivity index (χ0n) is 14.0. The largest absolute Gasteiger partial charge is 0.481 e. The highest BCUT2D eigenvalue weighted by Crippen LogP contribution is 2.34. The lowest BCUT2D eigenvalue weighted by molar-refractivity contribution is -0.156. The van der Waals surface area contributed by atoms with Gasteiger partial charge in [0, 0.05) is 38.2 Å². The zero-order valence-corrected chi connectivity index (χ0v) is 14.7. The summed E-state index contributed by atoms with van der Waals surface area (Å²) >= 11 is 6.12. The molecule has 1 N–H and O–H groups in total. The molecule has 0 aromatic heterocycles. The van der Waals surface area contributed by atoms with Gasteiger partial charge < -0.3 is 14.7 Å². The lowest BCUT2D eigenvalue weighted by Crippen LogP contribution is -2.50. The second-order valence-corrected chi connectivity index (χ2v) is 6.75. The van der Waals surface area contributed by atoms with Crippen LogP contribution in [0.25, 0.3) is 0 Å². The summed E-state index contributed by atoms with van der Waals surface area (Å²) in [4.78, 5) is 26.0. The molecular weight excluding hydrogens is 330 g/mol. The Morgan fingerprint density at radius 2 is 2.12 bits per heavy atom. The van der Waals surface area contributed by atoms with Crippen molar-refractivity contribution in [3.8, 4) is 0 Å². The third-order valence-corrected chi connectivity index (χ3v) is 5.10. The van der Waals surface area contributed by atoms with Crippen molar-refractivity contribution in [2.24, 2.45) is 5.41 Å². The third-order valence-electron chi connectivity index (χ3n) is 4.73. The molecule has 0 radical (unpaired) electrons. The molecule has 132 valence electrons. The summed E-state index contributed by atoms with van der Waals surface area (Å²) in [5, 5.41) is 10.3. The molecule has 1 aromatic rings. The fraction of sp³-hybridized carbons (Fsp3) is 0.556. The molecule has 1 unspecified atom stereocenters. The van der Waals surface area contributed by atoms with Gasteiger partial charge in [0.05, 0.1) is 5.41 Å².